The Morgan fingerprint density at radius 2 is 2.07 bits per heavy atom. The molecule has 1 aromatic heterocycles. The fourth-order valence-electron chi connectivity index (χ4n) is 3.13. The van der Waals surface area contributed by atoms with Gasteiger partial charge in [0.25, 0.3) is 0 Å². The fraction of sp³-hybridized carbons (Fsp3) is 0.286. The summed E-state index contributed by atoms with van der Waals surface area (Å²) in [6, 6.07) is 13.4. The Balaban J connectivity index is 1.38. The van der Waals surface area contributed by atoms with Gasteiger partial charge < -0.3 is 19.3 Å². The zero-order valence-corrected chi connectivity index (χ0v) is 15.8. The molecule has 1 N–H and O–H groups in total. The van der Waals surface area contributed by atoms with Crippen LogP contribution in [0.15, 0.2) is 47.0 Å². The number of nitrogens with zero attached hydrogens (tertiary/aromatic N) is 2. The largest absolute Gasteiger partial charge is 0.497 e. The molecule has 1 aliphatic rings. The van der Waals surface area contributed by atoms with Gasteiger partial charge in [0.15, 0.2) is 5.82 Å². The Labute approximate surface area is 162 Å². The van der Waals surface area contributed by atoms with Crippen molar-refractivity contribution in [3.05, 3.63) is 65.3 Å². The van der Waals surface area contributed by atoms with E-state index in [0.717, 1.165) is 34.7 Å². The van der Waals surface area contributed by atoms with Crippen molar-refractivity contribution >= 4 is 11.6 Å². The second-order valence-electron chi connectivity index (χ2n) is 6.83. The molecule has 0 spiro atoms. The van der Waals surface area contributed by atoms with Crippen molar-refractivity contribution < 1.29 is 18.8 Å². The lowest BCUT2D eigenvalue weighted by molar-refractivity contribution is -0.115. The Hall–Kier alpha value is -3.35. The summed E-state index contributed by atoms with van der Waals surface area (Å²) in [6.45, 7) is 2.44. The number of amides is 1. The van der Waals surface area contributed by atoms with Gasteiger partial charge in [-0.05, 0) is 37.1 Å². The molecule has 1 unspecified atom stereocenters. The SMILES string of the molecule is COc1ccc2c(c1)OCC(c1nc(CC(=O)Nc3ccc(C)cc3)no1)C2. The van der Waals surface area contributed by atoms with E-state index < -0.39 is 0 Å². The van der Waals surface area contributed by atoms with Crippen LogP contribution in [0.1, 0.15) is 28.8 Å². The Morgan fingerprint density at radius 3 is 2.86 bits per heavy atom. The first-order valence-electron chi connectivity index (χ1n) is 9.09. The van der Waals surface area contributed by atoms with E-state index >= 15 is 0 Å². The summed E-state index contributed by atoms with van der Waals surface area (Å²) < 4.78 is 16.4. The number of hydrogen-bond donors (Lipinski definition) is 1. The van der Waals surface area contributed by atoms with E-state index in [1.165, 1.54) is 0 Å². The molecule has 1 aliphatic heterocycles. The predicted octanol–water partition coefficient (Wildman–Crippen LogP) is 3.29. The molecular weight excluding hydrogens is 358 g/mol. The van der Waals surface area contributed by atoms with Gasteiger partial charge in [0, 0.05) is 11.8 Å². The van der Waals surface area contributed by atoms with Gasteiger partial charge in [-0.25, -0.2) is 0 Å². The van der Waals surface area contributed by atoms with Crippen LogP contribution in [0.3, 0.4) is 0 Å². The highest BCUT2D eigenvalue weighted by Crippen LogP contribution is 2.34. The van der Waals surface area contributed by atoms with Gasteiger partial charge in [0.1, 0.15) is 18.1 Å². The summed E-state index contributed by atoms with van der Waals surface area (Å²) in [5.41, 5.74) is 2.94. The normalized spacial score (nSPS) is 15.4. The molecular formula is C21H21N3O4. The van der Waals surface area contributed by atoms with Gasteiger partial charge >= 0.3 is 0 Å². The van der Waals surface area contributed by atoms with Crippen LogP contribution >= 0.6 is 0 Å². The number of ether oxygens (including phenoxy) is 2. The van der Waals surface area contributed by atoms with Gasteiger partial charge in [-0.2, -0.15) is 4.98 Å². The number of benzene rings is 2. The number of nitrogens with one attached hydrogen (secondary N) is 1. The number of methoxy groups -OCH3 is 1. The van der Waals surface area contributed by atoms with E-state index in [4.69, 9.17) is 14.0 Å². The third-order valence-corrected chi connectivity index (χ3v) is 4.67. The lowest BCUT2D eigenvalue weighted by atomic mass is 9.96. The highest BCUT2D eigenvalue weighted by Gasteiger charge is 2.27. The maximum atomic E-state index is 12.2. The van der Waals surface area contributed by atoms with Crippen LogP contribution in [0, 0.1) is 6.92 Å². The number of aryl methyl sites for hydroxylation is 1. The van der Waals surface area contributed by atoms with E-state index in [1.54, 1.807) is 7.11 Å². The van der Waals surface area contributed by atoms with Crippen LogP contribution in [-0.4, -0.2) is 29.8 Å². The summed E-state index contributed by atoms with van der Waals surface area (Å²) in [4.78, 5) is 16.6. The average Bonchev–Trinajstić information content (AvgIpc) is 3.17. The van der Waals surface area contributed by atoms with Gasteiger partial charge in [-0.1, -0.05) is 28.9 Å². The van der Waals surface area contributed by atoms with Gasteiger partial charge in [0.05, 0.1) is 19.4 Å². The van der Waals surface area contributed by atoms with Crippen LogP contribution in [0.2, 0.25) is 0 Å². The van der Waals surface area contributed by atoms with Crippen LogP contribution in [-0.2, 0) is 17.6 Å². The van der Waals surface area contributed by atoms with Gasteiger partial charge in [-0.3, -0.25) is 4.79 Å². The van der Waals surface area contributed by atoms with Crippen LogP contribution < -0.4 is 14.8 Å². The maximum absolute atomic E-state index is 12.2. The molecule has 0 saturated carbocycles. The molecule has 3 aromatic rings. The second-order valence-corrected chi connectivity index (χ2v) is 6.83. The molecule has 0 aliphatic carbocycles. The van der Waals surface area contributed by atoms with Crippen molar-refractivity contribution in [1.82, 2.24) is 10.1 Å². The molecule has 7 heteroatoms. The number of aromatic nitrogens is 2. The predicted molar refractivity (Wildman–Crippen MR) is 103 cm³/mol. The number of fused-ring (bicyclic) bond motifs is 1. The third-order valence-electron chi connectivity index (χ3n) is 4.67. The minimum Gasteiger partial charge on any atom is -0.497 e. The number of anilines is 1. The topological polar surface area (TPSA) is 86.5 Å². The number of hydrogen-bond acceptors (Lipinski definition) is 6. The lowest BCUT2D eigenvalue weighted by Gasteiger charge is -2.23. The average molecular weight is 379 g/mol. The number of carbonyl (C=O) groups is 1. The molecule has 1 atom stereocenters. The first-order chi connectivity index (χ1) is 13.6. The first kappa shape index (κ1) is 18.0. The first-order valence-corrected chi connectivity index (χ1v) is 9.09. The molecule has 1 amide bonds. The fourth-order valence-corrected chi connectivity index (χ4v) is 3.13. The number of rotatable bonds is 5. The zero-order valence-electron chi connectivity index (χ0n) is 15.8. The standard InChI is InChI=1S/C21H21N3O4/c1-13-3-6-16(7-4-13)22-20(25)11-19-23-21(28-24-19)15-9-14-5-8-17(26-2)10-18(14)27-12-15/h3-8,10,15H,9,11-12H2,1-2H3,(H,22,25). The van der Waals surface area contributed by atoms with Crippen LogP contribution in [0.25, 0.3) is 0 Å². The minimum absolute atomic E-state index is 0.0395. The molecule has 0 saturated heterocycles. The molecule has 28 heavy (non-hydrogen) atoms. The molecule has 0 fully saturated rings. The smallest absolute Gasteiger partial charge is 0.233 e. The molecule has 7 nitrogen and oxygen atoms in total. The summed E-state index contributed by atoms with van der Waals surface area (Å²) >= 11 is 0. The number of carbonyl (C=O) groups excluding carboxylic acids is 1. The van der Waals surface area contributed by atoms with E-state index in [2.05, 4.69) is 15.5 Å². The van der Waals surface area contributed by atoms with Crippen molar-refractivity contribution in [3.63, 3.8) is 0 Å². The molecule has 2 heterocycles. The lowest BCUT2D eigenvalue weighted by Crippen LogP contribution is -2.20. The zero-order chi connectivity index (χ0) is 19.5. The van der Waals surface area contributed by atoms with E-state index in [0.29, 0.717) is 18.3 Å². The Morgan fingerprint density at radius 1 is 1.25 bits per heavy atom. The van der Waals surface area contributed by atoms with Crippen molar-refractivity contribution in [2.45, 2.75) is 25.7 Å². The third kappa shape index (κ3) is 3.98. The molecule has 0 bridgehead atoms. The summed E-state index contributed by atoms with van der Waals surface area (Å²) in [5.74, 6) is 2.19. The molecule has 144 valence electrons. The van der Waals surface area contributed by atoms with Crippen molar-refractivity contribution in [2.75, 3.05) is 19.0 Å². The van der Waals surface area contributed by atoms with Crippen LogP contribution in [0.5, 0.6) is 11.5 Å². The summed E-state index contributed by atoms with van der Waals surface area (Å²) in [5, 5.41) is 6.78. The van der Waals surface area contributed by atoms with E-state index in [9.17, 15) is 4.79 Å². The Bertz CT molecular complexity index is 982. The maximum Gasteiger partial charge on any atom is 0.233 e. The summed E-state index contributed by atoms with van der Waals surface area (Å²) in [7, 11) is 1.63. The Kier molecular flexibility index (Phi) is 4.97. The van der Waals surface area contributed by atoms with Crippen molar-refractivity contribution in [2.24, 2.45) is 0 Å². The quantitative estimate of drug-likeness (QED) is 0.732. The van der Waals surface area contributed by atoms with E-state index in [1.807, 2.05) is 49.4 Å². The van der Waals surface area contributed by atoms with Crippen molar-refractivity contribution in [3.8, 4) is 11.5 Å². The van der Waals surface area contributed by atoms with Gasteiger partial charge in [0.2, 0.25) is 11.8 Å². The monoisotopic (exact) mass is 379 g/mol. The van der Waals surface area contributed by atoms with Crippen LogP contribution in [0.4, 0.5) is 5.69 Å². The molecule has 0 radical (unpaired) electrons. The van der Waals surface area contributed by atoms with Gasteiger partial charge in [-0.15, -0.1) is 0 Å². The minimum atomic E-state index is -0.187. The van der Waals surface area contributed by atoms with E-state index in [-0.39, 0.29) is 18.2 Å². The second kappa shape index (κ2) is 7.72. The highest BCUT2D eigenvalue weighted by atomic mass is 16.5. The summed E-state index contributed by atoms with van der Waals surface area (Å²) in [6.07, 6.45) is 0.787. The van der Waals surface area contributed by atoms with Crippen molar-refractivity contribution in [1.29, 1.82) is 0 Å². The highest BCUT2D eigenvalue weighted by molar-refractivity contribution is 5.91. The molecule has 2 aromatic carbocycles. The molecule has 4 rings (SSSR count).